The molecule has 0 bridgehead atoms. The molecule has 1 heterocycles. The molecule has 1 aliphatic rings. The zero-order chi connectivity index (χ0) is 15.4. The molecule has 5 heteroatoms. The van der Waals surface area contributed by atoms with Crippen molar-refractivity contribution in [1.29, 1.82) is 0 Å². The number of hydrogen-bond donors (Lipinski definition) is 1. The summed E-state index contributed by atoms with van der Waals surface area (Å²) >= 11 is 1.38. The smallest absolute Gasteiger partial charge is 0.348 e. The Morgan fingerprint density at radius 3 is 2.76 bits per heavy atom. The number of carbonyl (C=O) groups excluding carboxylic acids is 2. The highest BCUT2D eigenvalue weighted by atomic mass is 32.1. The maximum absolute atomic E-state index is 11.9. The summed E-state index contributed by atoms with van der Waals surface area (Å²) in [4.78, 5) is 25.3. The summed E-state index contributed by atoms with van der Waals surface area (Å²) in [5.41, 5.74) is 0. The molecule has 1 amide bonds. The summed E-state index contributed by atoms with van der Waals surface area (Å²) in [6.45, 7) is 6.13. The van der Waals surface area contributed by atoms with Crippen LogP contribution in [0.25, 0.3) is 0 Å². The molecule has 0 aromatic carbocycles. The minimum atomic E-state index is -0.423. The molecule has 2 rings (SSSR count). The van der Waals surface area contributed by atoms with Gasteiger partial charge in [-0.15, -0.1) is 11.3 Å². The highest BCUT2D eigenvalue weighted by molar-refractivity contribution is 7.13. The first-order valence-corrected chi connectivity index (χ1v) is 8.32. The number of aryl methyl sites for hydroxylation is 1. The van der Waals surface area contributed by atoms with Gasteiger partial charge in [-0.05, 0) is 37.3 Å². The summed E-state index contributed by atoms with van der Waals surface area (Å²) in [5, 5.41) is 3.00. The van der Waals surface area contributed by atoms with Crippen LogP contribution in [0.15, 0.2) is 12.1 Å². The summed E-state index contributed by atoms with van der Waals surface area (Å²) < 4.78 is 5.07. The molecule has 1 N–H and O–H groups in total. The van der Waals surface area contributed by atoms with Crippen LogP contribution in [0.3, 0.4) is 0 Å². The van der Waals surface area contributed by atoms with Crippen LogP contribution >= 0.6 is 11.3 Å². The molecule has 0 unspecified atom stereocenters. The van der Waals surface area contributed by atoms with Gasteiger partial charge in [-0.25, -0.2) is 4.79 Å². The van der Waals surface area contributed by atoms with Crippen molar-refractivity contribution in [3.63, 3.8) is 0 Å². The first-order valence-electron chi connectivity index (χ1n) is 7.50. The molecular weight excluding hydrogens is 286 g/mol. The Morgan fingerprint density at radius 1 is 1.33 bits per heavy atom. The number of amides is 1. The lowest BCUT2D eigenvalue weighted by atomic mass is 9.78. The monoisotopic (exact) mass is 309 g/mol. The van der Waals surface area contributed by atoms with Gasteiger partial charge in [0.15, 0.2) is 6.61 Å². The summed E-state index contributed by atoms with van der Waals surface area (Å²) in [6.07, 6.45) is 3.38. The van der Waals surface area contributed by atoms with E-state index in [1.165, 1.54) is 17.8 Å². The van der Waals surface area contributed by atoms with Gasteiger partial charge < -0.3 is 10.1 Å². The van der Waals surface area contributed by atoms with Crippen molar-refractivity contribution in [3.8, 4) is 0 Å². The second kappa shape index (κ2) is 7.07. The van der Waals surface area contributed by atoms with Crippen molar-refractivity contribution in [2.24, 2.45) is 11.8 Å². The summed E-state index contributed by atoms with van der Waals surface area (Å²) in [6, 6.07) is 3.79. The molecule has 1 saturated carbocycles. The van der Waals surface area contributed by atoms with Gasteiger partial charge in [0.1, 0.15) is 4.88 Å². The normalized spacial score (nSPS) is 25.4. The zero-order valence-electron chi connectivity index (χ0n) is 12.8. The van der Waals surface area contributed by atoms with Crippen LogP contribution in [-0.4, -0.2) is 24.5 Å². The van der Waals surface area contributed by atoms with Crippen LogP contribution in [0.2, 0.25) is 0 Å². The Bertz CT molecular complexity index is 511. The molecule has 0 aliphatic heterocycles. The van der Waals surface area contributed by atoms with Gasteiger partial charge in [0.25, 0.3) is 5.91 Å². The molecule has 21 heavy (non-hydrogen) atoms. The fourth-order valence-corrected chi connectivity index (χ4v) is 3.54. The standard InChI is InChI=1S/C16H23NO3S/c1-10-5-4-6-13(12(10)3)17-15(18)9-20-16(19)14-8-7-11(2)21-14/h7-8,10,12-13H,4-6,9H2,1-3H3,(H,17,18)/t10-,12-,13-/m0/s1. The molecule has 0 saturated heterocycles. The van der Waals surface area contributed by atoms with Crippen LogP contribution < -0.4 is 5.32 Å². The lowest BCUT2D eigenvalue weighted by Gasteiger charge is -2.34. The largest absolute Gasteiger partial charge is 0.451 e. The maximum Gasteiger partial charge on any atom is 0.348 e. The van der Waals surface area contributed by atoms with E-state index in [1.54, 1.807) is 6.07 Å². The van der Waals surface area contributed by atoms with Crippen molar-refractivity contribution in [3.05, 3.63) is 21.9 Å². The Morgan fingerprint density at radius 2 is 2.10 bits per heavy atom. The van der Waals surface area contributed by atoms with Gasteiger partial charge in [-0.2, -0.15) is 0 Å². The van der Waals surface area contributed by atoms with Crippen LogP contribution in [-0.2, 0) is 9.53 Å². The van der Waals surface area contributed by atoms with Crippen LogP contribution in [0.5, 0.6) is 0 Å². The number of carbonyl (C=O) groups is 2. The molecule has 1 aromatic heterocycles. The fourth-order valence-electron chi connectivity index (χ4n) is 2.78. The van der Waals surface area contributed by atoms with Gasteiger partial charge in [0.2, 0.25) is 0 Å². The first-order chi connectivity index (χ1) is 9.97. The van der Waals surface area contributed by atoms with Gasteiger partial charge in [0.05, 0.1) is 0 Å². The highest BCUT2D eigenvalue weighted by Crippen LogP contribution is 2.29. The Balaban J connectivity index is 1.78. The van der Waals surface area contributed by atoms with E-state index in [0.29, 0.717) is 16.7 Å². The fraction of sp³-hybridized carbons (Fsp3) is 0.625. The first kappa shape index (κ1) is 16.0. The van der Waals surface area contributed by atoms with E-state index in [4.69, 9.17) is 4.74 Å². The quantitative estimate of drug-likeness (QED) is 0.869. The molecule has 0 radical (unpaired) electrons. The number of esters is 1. The van der Waals surface area contributed by atoms with Crippen molar-refractivity contribution in [2.45, 2.75) is 46.1 Å². The second-order valence-corrected chi connectivity index (χ2v) is 7.22. The predicted octanol–water partition coefficient (Wildman–Crippen LogP) is 3.15. The molecule has 116 valence electrons. The van der Waals surface area contributed by atoms with E-state index in [2.05, 4.69) is 19.2 Å². The molecule has 4 nitrogen and oxygen atoms in total. The van der Waals surface area contributed by atoms with Gasteiger partial charge >= 0.3 is 5.97 Å². The van der Waals surface area contributed by atoms with E-state index in [1.807, 2.05) is 13.0 Å². The summed E-state index contributed by atoms with van der Waals surface area (Å²) in [7, 11) is 0. The van der Waals surface area contributed by atoms with Crippen molar-refractivity contribution in [1.82, 2.24) is 5.32 Å². The Kier molecular flexibility index (Phi) is 5.39. The predicted molar refractivity (Wildman–Crippen MR) is 83.4 cm³/mol. The third-order valence-electron chi connectivity index (χ3n) is 4.33. The number of hydrogen-bond acceptors (Lipinski definition) is 4. The third kappa shape index (κ3) is 4.30. The number of nitrogens with one attached hydrogen (secondary N) is 1. The average Bonchev–Trinajstić information content (AvgIpc) is 2.88. The minimum absolute atomic E-state index is 0.198. The van der Waals surface area contributed by atoms with E-state index in [0.717, 1.165) is 17.7 Å². The van der Waals surface area contributed by atoms with Crippen molar-refractivity contribution < 1.29 is 14.3 Å². The van der Waals surface area contributed by atoms with E-state index < -0.39 is 5.97 Å². The Hall–Kier alpha value is -1.36. The van der Waals surface area contributed by atoms with Crippen LogP contribution in [0.4, 0.5) is 0 Å². The highest BCUT2D eigenvalue weighted by Gasteiger charge is 2.28. The molecule has 0 spiro atoms. The average molecular weight is 309 g/mol. The van der Waals surface area contributed by atoms with Crippen molar-refractivity contribution in [2.75, 3.05) is 6.61 Å². The van der Waals surface area contributed by atoms with E-state index in [9.17, 15) is 9.59 Å². The van der Waals surface area contributed by atoms with Crippen LogP contribution in [0, 0.1) is 18.8 Å². The lowest BCUT2D eigenvalue weighted by molar-refractivity contribution is -0.125. The third-order valence-corrected chi connectivity index (χ3v) is 5.31. The second-order valence-electron chi connectivity index (χ2n) is 5.93. The van der Waals surface area contributed by atoms with Crippen LogP contribution in [0.1, 0.15) is 47.7 Å². The minimum Gasteiger partial charge on any atom is -0.451 e. The zero-order valence-corrected chi connectivity index (χ0v) is 13.7. The van der Waals surface area contributed by atoms with Gasteiger partial charge in [0, 0.05) is 10.9 Å². The summed E-state index contributed by atoms with van der Waals surface area (Å²) in [5.74, 6) is 0.468. The molecule has 3 atom stereocenters. The van der Waals surface area contributed by atoms with E-state index in [-0.39, 0.29) is 18.6 Å². The topological polar surface area (TPSA) is 55.4 Å². The molecule has 1 aliphatic carbocycles. The van der Waals surface area contributed by atoms with Gasteiger partial charge in [-0.1, -0.05) is 26.7 Å². The van der Waals surface area contributed by atoms with Crippen molar-refractivity contribution >= 4 is 23.2 Å². The lowest BCUT2D eigenvalue weighted by Crippen LogP contribution is -2.45. The Labute approximate surface area is 129 Å². The molecule has 1 aromatic rings. The SMILES string of the molecule is Cc1ccc(C(=O)OCC(=O)N[C@H]2CCC[C@H](C)[C@@H]2C)s1. The maximum atomic E-state index is 11.9. The number of ether oxygens (including phenoxy) is 1. The number of thiophene rings is 1. The molecule has 1 fully saturated rings. The molecular formula is C16H23NO3S. The van der Waals surface area contributed by atoms with Gasteiger partial charge in [-0.3, -0.25) is 4.79 Å². The van der Waals surface area contributed by atoms with E-state index >= 15 is 0 Å². The number of rotatable bonds is 4.